The number of fused-ring (bicyclic) bond motifs is 1. The van der Waals surface area contributed by atoms with E-state index >= 15 is 0 Å². The highest BCUT2D eigenvalue weighted by Crippen LogP contribution is 2.36. The molecule has 0 spiro atoms. The smallest absolute Gasteiger partial charge is 0.145 e. The Morgan fingerprint density at radius 3 is 2.76 bits per heavy atom. The lowest BCUT2D eigenvalue weighted by Crippen LogP contribution is -2.39. The molecule has 21 heavy (non-hydrogen) atoms. The fourth-order valence-electron chi connectivity index (χ4n) is 3.03. The van der Waals surface area contributed by atoms with Gasteiger partial charge < -0.3 is 15.2 Å². The van der Waals surface area contributed by atoms with E-state index in [2.05, 4.69) is 11.4 Å². The molecule has 3 rings (SSSR count). The maximum Gasteiger partial charge on any atom is 0.145 e. The number of hydrogen-bond acceptors (Lipinski definition) is 3. The topological polar surface area (TPSA) is 41.5 Å². The molecule has 114 valence electrons. The zero-order valence-corrected chi connectivity index (χ0v) is 13.3. The van der Waals surface area contributed by atoms with Crippen molar-refractivity contribution >= 4 is 29.3 Å². The van der Waals surface area contributed by atoms with Gasteiger partial charge in [-0.15, -0.1) is 0 Å². The Labute approximate surface area is 134 Å². The van der Waals surface area contributed by atoms with Crippen molar-refractivity contribution in [2.24, 2.45) is 0 Å². The van der Waals surface area contributed by atoms with Gasteiger partial charge >= 0.3 is 0 Å². The van der Waals surface area contributed by atoms with E-state index in [4.69, 9.17) is 27.9 Å². The van der Waals surface area contributed by atoms with Gasteiger partial charge in [-0.2, -0.15) is 0 Å². The molecule has 0 bridgehead atoms. The number of benzene rings is 1. The molecule has 1 fully saturated rings. The first-order valence-electron chi connectivity index (χ1n) is 7.30. The van der Waals surface area contributed by atoms with Crippen LogP contribution in [0.5, 0.6) is 5.75 Å². The Morgan fingerprint density at radius 1 is 1.24 bits per heavy atom. The lowest BCUT2D eigenvalue weighted by atomic mass is 10.0. The predicted octanol–water partition coefficient (Wildman–Crippen LogP) is 3.66. The predicted molar refractivity (Wildman–Crippen MR) is 86.2 cm³/mol. The molecular weight excluding hydrogens is 309 g/mol. The summed E-state index contributed by atoms with van der Waals surface area (Å²) in [5.41, 5.74) is 1.51. The number of aliphatic hydroxyl groups is 1. The number of rotatable bonds is 4. The van der Waals surface area contributed by atoms with Crippen LogP contribution in [0, 0.1) is 0 Å². The molecule has 0 amide bonds. The van der Waals surface area contributed by atoms with Crippen LogP contribution in [-0.2, 0) is 0 Å². The molecule has 0 unspecified atom stereocenters. The van der Waals surface area contributed by atoms with Crippen molar-refractivity contribution in [3.63, 3.8) is 0 Å². The molecule has 0 saturated heterocycles. The molecule has 1 aliphatic heterocycles. The van der Waals surface area contributed by atoms with Crippen molar-refractivity contribution in [3.05, 3.63) is 33.3 Å². The van der Waals surface area contributed by atoms with Gasteiger partial charge in [-0.3, -0.25) is 0 Å². The van der Waals surface area contributed by atoms with E-state index in [0.29, 0.717) is 35.5 Å². The summed E-state index contributed by atoms with van der Waals surface area (Å²) in [4.78, 5) is 0. The van der Waals surface area contributed by atoms with E-state index in [1.54, 1.807) is 6.07 Å². The molecule has 1 heterocycles. The van der Waals surface area contributed by atoms with Gasteiger partial charge in [0, 0.05) is 23.7 Å². The normalized spacial score (nSPS) is 19.9. The monoisotopic (exact) mass is 327 g/mol. The highest BCUT2D eigenvalue weighted by molar-refractivity contribution is 6.36. The van der Waals surface area contributed by atoms with Crippen LogP contribution < -0.4 is 10.1 Å². The molecule has 1 aromatic carbocycles. The second kappa shape index (κ2) is 6.17. The van der Waals surface area contributed by atoms with Crippen molar-refractivity contribution in [3.8, 4) is 5.75 Å². The minimum Gasteiger partial charge on any atom is -0.487 e. The Morgan fingerprint density at radius 2 is 2.00 bits per heavy atom. The maximum atomic E-state index is 10.3. The SMILES string of the molecule is OC1(CNCC2=Cc3cc(Cl)cc(Cl)c3OC2)CCCC1. The number of nitrogens with one attached hydrogen (secondary N) is 1. The van der Waals surface area contributed by atoms with Crippen LogP contribution in [0.15, 0.2) is 17.7 Å². The summed E-state index contributed by atoms with van der Waals surface area (Å²) >= 11 is 12.1. The van der Waals surface area contributed by atoms with Crippen LogP contribution in [0.4, 0.5) is 0 Å². The molecule has 1 aromatic rings. The summed E-state index contributed by atoms with van der Waals surface area (Å²) in [6.45, 7) is 1.85. The second-order valence-electron chi connectivity index (χ2n) is 5.93. The summed E-state index contributed by atoms with van der Waals surface area (Å²) in [7, 11) is 0. The zero-order chi connectivity index (χ0) is 14.9. The quantitative estimate of drug-likeness (QED) is 0.886. The van der Waals surface area contributed by atoms with Gasteiger partial charge in [0.1, 0.15) is 12.4 Å². The van der Waals surface area contributed by atoms with Crippen LogP contribution in [-0.4, -0.2) is 30.4 Å². The van der Waals surface area contributed by atoms with Crippen LogP contribution >= 0.6 is 23.2 Å². The van der Waals surface area contributed by atoms with Gasteiger partial charge in [0.15, 0.2) is 0 Å². The molecule has 0 atom stereocenters. The molecule has 1 aliphatic carbocycles. The lowest BCUT2D eigenvalue weighted by Gasteiger charge is -2.24. The highest BCUT2D eigenvalue weighted by Gasteiger charge is 2.30. The molecule has 0 aromatic heterocycles. The van der Waals surface area contributed by atoms with Gasteiger partial charge in [0.05, 0.1) is 10.6 Å². The van der Waals surface area contributed by atoms with Gasteiger partial charge in [-0.1, -0.05) is 36.0 Å². The van der Waals surface area contributed by atoms with Crippen molar-refractivity contribution in [1.29, 1.82) is 0 Å². The molecular formula is C16H19Cl2NO2. The lowest BCUT2D eigenvalue weighted by molar-refractivity contribution is 0.0485. The Hall–Kier alpha value is -0.740. The number of hydrogen-bond donors (Lipinski definition) is 2. The minimum absolute atomic E-state index is 0.514. The van der Waals surface area contributed by atoms with Crippen molar-refractivity contribution in [1.82, 2.24) is 5.32 Å². The molecule has 0 radical (unpaired) electrons. The summed E-state index contributed by atoms with van der Waals surface area (Å²) in [5.74, 6) is 0.694. The van der Waals surface area contributed by atoms with Crippen LogP contribution in [0.25, 0.3) is 6.08 Å². The van der Waals surface area contributed by atoms with E-state index in [-0.39, 0.29) is 0 Å². The van der Waals surface area contributed by atoms with E-state index in [1.165, 1.54) is 0 Å². The largest absolute Gasteiger partial charge is 0.487 e. The van der Waals surface area contributed by atoms with E-state index in [0.717, 1.165) is 36.8 Å². The summed E-state index contributed by atoms with van der Waals surface area (Å²) in [6.07, 6.45) is 6.08. The summed E-state index contributed by atoms with van der Waals surface area (Å²) < 4.78 is 5.71. The zero-order valence-electron chi connectivity index (χ0n) is 11.8. The molecule has 5 heteroatoms. The molecule has 3 nitrogen and oxygen atoms in total. The average Bonchev–Trinajstić information content (AvgIpc) is 2.85. The minimum atomic E-state index is -0.527. The van der Waals surface area contributed by atoms with Crippen LogP contribution in [0.3, 0.4) is 0 Å². The number of ether oxygens (including phenoxy) is 1. The van der Waals surface area contributed by atoms with E-state index in [1.807, 2.05) is 6.07 Å². The average molecular weight is 328 g/mol. The van der Waals surface area contributed by atoms with Gasteiger partial charge in [-0.25, -0.2) is 0 Å². The third kappa shape index (κ3) is 3.54. The second-order valence-corrected chi connectivity index (χ2v) is 6.78. The molecule has 2 N–H and O–H groups in total. The fourth-order valence-corrected chi connectivity index (χ4v) is 3.60. The summed E-state index contributed by atoms with van der Waals surface area (Å²) in [5, 5.41) is 14.8. The highest BCUT2D eigenvalue weighted by atomic mass is 35.5. The fraction of sp³-hybridized carbons (Fsp3) is 0.500. The van der Waals surface area contributed by atoms with E-state index < -0.39 is 5.60 Å². The first-order chi connectivity index (χ1) is 10.1. The Bertz CT molecular complexity index is 566. The van der Waals surface area contributed by atoms with Gasteiger partial charge in [0.2, 0.25) is 0 Å². The first kappa shape index (κ1) is 15.2. The Balaban J connectivity index is 1.63. The first-order valence-corrected chi connectivity index (χ1v) is 8.06. The summed E-state index contributed by atoms with van der Waals surface area (Å²) in [6, 6.07) is 3.54. The van der Waals surface area contributed by atoms with Crippen molar-refractivity contribution in [2.75, 3.05) is 19.7 Å². The van der Waals surface area contributed by atoms with E-state index in [9.17, 15) is 5.11 Å². The van der Waals surface area contributed by atoms with Crippen LogP contribution in [0.1, 0.15) is 31.2 Å². The van der Waals surface area contributed by atoms with Gasteiger partial charge in [0.25, 0.3) is 0 Å². The third-order valence-electron chi connectivity index (χ3n) is 4.14. The van der Waals surface area contributed by atoms with Crippen LogP contribution in [0.2, 0.25) is 10.0 Å². The standard InChI is InChI=1S/C16H19Cl2NO2/c17-13-6-12-5-11(9-21-15(12)14(18)7-13)8-19-10-16(20)3-1-2-4-16/h5-7,19-20H,1-4,8-10H2. The number of halogens is 2. The molecule has 1 saturated carbocycles. The Kier molecular flexibility index (Phi) is 4.46. The van der Waals surface area contributed by atoms with Crippen molar-refractivity contribution in [2.45, 2.75) is 31.3 Å². The van der Waals surface area contributed by atoms with Gasteiger partial charge in [-0.05, 0) is 36.6 Å². The molecule has 2 aliphatic rings. The maximum absolute atomic E-state index is 10.3. The van der Waals surface area contributed by atoms with Crippen molar-refractivity contribution < 1.29 is 9.84 Å². The third-order valence-corrected chi connectivity index (χ3v) is 4.64.